The van der Waals surface area contributed by atoms with Gasteiger partial charge in [-0.15, -0.1) is 0 Å². The lowest BCUT2D eigenvalue weighted by atomic mass is 9.69. The van der Waals surface area contributed by atoms with Gasteiger partial charge in [0.25, 0.3) is 0 Å². The van der Waals surface area contributed by atoms with Crippen LogP contribution in [0.15, 0.2) is 24.3 Å². The van der Waals surface area contributed by atoms with Crippen molar-refractivity contribution in [3.63, 3.8) is 0 Å². The Morgan fingerprint density at radius 2 is 1.96 bits per heavy atom. The van der Waals surface area contributed by atoms with Crippen LogP contribution in [-0.4, -0.2) is 24.2 Å². The largest absolute Gasteiger partial charge is 0.378 e. The van der Waals surface area contributed by atoms with Gasteiger partial charge in [-0.25, -0.2) is 0 Å². The van der Waals surface area contributed by atoms with Crippen LogP contribution >= 0.6 is 0 Å². The second kappa shape index (κ2) is 8.73. The predicted octanol–water partition coefficient (Wildman–Crippen LogP) is 5.13. The van der Waals surface area contributed by atoms with E-state index in [4.69, 9.17) is 4.74 Å². The highest BCUT2D eigenvalue weighted by Gasteiger charge is 2.43. The number of hydrogen-bond donors (Lipinski definition) is 1. The summed E-state index contributed by atoms with van der Waals surface area (Å²) >= 11 is 0. The van der Waals surface area contributed by atoms with Crippen LogP contribution in [0, 0.1) is 17.8 Å². The number of nitrogens with one attached hydrogen (secondary N) is 1. The standard InChI is InChI=1S/C23H36NO2/c1-19(2)11-16-22(12-5-3-6-13-22)21(25)24-23(14-7-4-8-15-23)18-20-10-9-17-26-20/h4,7-8,14-15,19-20H,3,5-6,9-13,16-18H2,1-2H3,(H,24,25). The van der Waals surface area contributed by atoms with Gasteiger partial charge in [0, 0.05) is 24.9 Å². The molecule has 3 heteroatoms. The van der Waals surface area contributed by atoms with Gasteiger partial charge >= 0.3 is 0 Å². The Balaban J connectivity index is 1.73. The molecule has 2 fully saturated rings. The van der Waals surface area contributed by atoms with E-state index in [1.165, 1.54) is 19.3 Å². The van der Waals surface area contributed by atoms with Crippen LogP contribution in [0.2, 0.25) is 0 Å². The van der Waals surface area contributed by atoms with Gasteiger partial charge < -0.3 is 10.1 Å². The molecule has 145 valence electrons. The molecule has 2 atom stereocenters. The number of amides is 1. The summed E-state index contributed by atoms with van der Waals surface area (Å²) in [6, 6.07) is 0. The summed E-state index contributed by atoms with van der Waals surface area (Å²) in [6.45, 7) is 5.37. The van der Waals surface area contributed by atoms with Crippen molar-refractivity contribution in [1.82, 2.24) is 5.32 Å². The van der Waals surface area contributed by atoms with Crippen LogP contribution in [0.1, 0.15) is 78.1 Å². The molecule has 2 unspecified atom stereocenters. The third-order valence-corrected chi connectivity index (χ3v) is 6.44. The fraction of sp³-hybridized carbons (Fsp3) is 0.739. The van der Waals surface area contributed by atoms with Gasteiger partial charge in [0.2, 0.25) is 5.91 Å². The van der Waals surface area contributed by atoms with Crippen molar-refractivity contribution in [2.45, 2.75) is 89.7 Å². The first-order valence-corrected chi connectivity index (χ1v) is 10.7. The van der Waals surface area contributed by atoms with Crippen molar-refractivity contribution in [1.29, 1.82) is 0 Å². The highest BCUT2D eigenvalue weighted by atomic mass is 16.5. The lowest BCUT2D eigenvalue weighted by Crippen LogP contribution is -2.55. The fourth-order valence-corrected chi connectivity index (χ4v) is 4.75. The molecule has 3 rings (SSSR count). The summed E-state index contributed by atoms with van der Waals surface area (Å²) in [7, 11) is 0. The van der Waals surface area contributed by atoms with E-state index in [2.05, 4.69) is 43.8 Å². The first kappa shape index (κ1) is 19.7. The molecule has 1 saturated carbocycles. The van der Waals surface area contributed by atoms with Crippen LogP contribution in [0.25, 0.3) is 0 Å². The van der Waals surface area contributed by atoms with E-state index in [0.717, 1.165) is 51.6 Å². The molecule has 0 aromatic carbocycles. The second-order valence-corrected chi connectivity index (χ2v) is 9.02. The Bertz CT molecular complexity index is 524. The Labute approximate surface area is 159 Å². The predicted molar refractivity (Wildman–Crippen MR) is 107 cm³/mol. The summed E-state index contributed by atoms with van der Waals surface area (Å²) in [5.74, 6) is 0.915. The molecular weight excluding hydrogens is 322 g/mol. The van der Waals surface area contributed by atoms with Gasteiger partial charge in [-0.05, 0) is 44.4 Å². The number of allylic oxidation sites excluding steroid dienone is 2. The maximum absolute atomic E-state index is 13.5. The normalized spacial score (nSPS) is 30.7. The Kier molecular flexibility index (Phi) is 6.60. The zero-order valence-electron chi connectivity index (χ0n) is 16.6. The maximum atomic E-state index is 13.5. The average molecular weight is 359 g/mol. The van der Waals surface area contributed by atoms with E-state index < -0.39 is 0 Å². The Morgan fingerprint density at radius 1 is 1.15 bits per heavy atom. The lowest BCUT2D eigenvalue weighted by molar-refractivity contribution is -0.135. The Morgan fingerprint density at radius 3 is 2.58 bits per heavy atom. The van der Waals surface area contributed by atoms with Crippen molar-refractivity contribution >= 4 is 5.91 Å². The summed E-state index contributed by atoms with van der Waals surface area (Å²) in [4.78, 5) is 13.5. The first-order valence-electron chi connectivity index (χ1n) is 10.7. The summed E-state index contributed by atoms with van der Waals surface area (Å²) < 4.78 is 5.88. The molecule has 1 aliphatic heterocycles. The van der Waals surface area contributed by atoms with E-state index >= 15 is 0 Å². The average Bonchev–Trinajstić information content (AvgIpc) is 3.14. The molecule has 1 saturated heterocycles. The van der Waals surface area contributed by atoms with Gasteiger partial charge in [0.15, 0.2) is 0 Å². The minimum absolute atomic E-state index is 0.172. The van der Waals surface area contributed by atoms with Gasteiger partial charge in [-0.2, -0.15) is 0 Å². The van der Waals surface area contributed by atoms with Crippen molar-refractivity contribution in [2.24, 2.45) is 11.3 Å². The molecule has 2 aliphatic carbocycles. The number of ether oxygens (including phenoxy) is 1. The molecule has 1 radical (unpaired) electrons. The molecule has 3 nitrogen and oxygen atoms in total. The maximum Gasteiger partial charge on any atom is 0.226 e. The van der Waals surface area contributed by atoms with Crippen LogP contribution in [-0.2, 0) is 9.53 Å². The smallest absolute Gasteiger partial charge is 0.226 e. The van der Waals surface area contributed by atoms with Gasteiger partial charge in [-0.1, -0.05) is 57.4 Å². The van der Waals surface area contributed by atoms with Crippen LogP contribution in [0.3, 0.4) is 0 Å². The lowest BCUT2D eigenvalue weighted by Gasteiger charge is -2.41. The molecule has 1 N–H and O–H groups in total. The minimum Gasteiger partial charge on any atom is -0.378 e. The molecular formula is C23H36NO2. The SMILES string of the molecule is CC(C)CCC1(C(=O)NC2(CC3CCCO3)[CH]C=CC=C2)CCCCC1. The van der Waals surface area contributed by atoms with Gasteiger partial charge in [-0.3, -0.25) is 4.79 Å². The van der Waals surface area contributed by atoms with Crippen molar-refractivity contribution in [3.8, 4) is 0 Å². The zero-order chi connectivity index (χ0) is 18.5. The van der Waals surface area contributed by atoms with Crippen molar-refractivity contribution < 1.29 is 9.53 Å². The highest BCUT2D eigenvalue weighted by Crippen LogP contribution is 2.42. The van der Waals surface area contributed by atoms with Gasteiger partial charge in [0.1, 0.15) is 0 Å². The molecule has 0 aromatic heterocycles. The number of rotatable bonds is 7. The molecule has 0 aromatic rings. The van der Waals surface area contributed by atoms with Gasteiger partial charge in [0.05, 0.1) is 11.6 Å². The van der Waals surface area contributed by atoms with Crippen LogP contribution < -0.4 is 5.32 Å². The highest BCUT2D eigenvalue weighted by molar-refractivity contribution is 5.84. The molecule has 0 bridgehead atoms. The molecule has 26 heavy (non-hydrogen) atoms. The summed E-state index contributed by atoms with van der Waals surface area (Å²) in [6.07, 6.45) is 21.7. The van der Waals surface area contributed by atoms with Crippen LogP contribution in [0.4, 0.5) is 0 Å². The van der Waals surface area contributed by atoms with E-state index in [1.807, 2.05) is 6.08 Å². The molecule has 1 heterocycles. The van der Waals surface area contributed by atoms with E-state index in [9.17, 15) is 4.79 Å². The van der Waals surface area contributed by atoms with Crippen molar-refractivity contribution in [3.05, 3.63) is 30.7 Å². The minimum atomic E-state index is -0.386. The molecule has 1 amide bonds. The first-order chi connectivity index (χ1) is 12.5. The number of carbonyl (C=O) groups is 1. The monoisotopic (exact) mass is 358 g/mol. The van der Waals surface area contributed by atoms with E-state index in [0.29, 0.717) is 5.92 Å². The third kappa shape index (κ3) is 4.79. The van der Waals surface area contributed by atoms with E-state index in [1.54, 1.807) is 0 Å². The quantitative estimate of drug-likeness (QED) is 0.685. The van der Waals surface area contributed by atoms with Crippen LogP contribution in [0.5, 0.6) is 0 Å². The number of hydrogen-bond acceptors (Lipinski definition) is 2. The second-order valence-electron chi connectivity index (χ2n) is 9.02. The van der Waals surface area contributed by atoms with E-state index in [-0.39, 0.29) is 23.0 Å². The third-order valence-electron chi connectivity index (χ3n) is 6.44. The summed E-state index contributed by atoms with van der Waals surface area (Å²) in [5, 5.41) is 3.48. The molecule has 0 spiro atoms. The topological polar surface area (TPSA) is 38.3 Å². The van der Waals surface area contributed by atoms with Crippen molar-refractivity contribution in [2.75, 3.05) is 6.61 Å². The zero-order valence-corrected chi connectivity index (χ0v) is 16.6. The Hall–Kier alpha value is -1.09. The summed E-state index contributed by atoms with van der Waals surface area (Å²) in [5.41, 5.74) is -0.558. The number of carbonyl (C=O) groups excluding carboxylic acids is 1. The fourth-order valence-electron chi connectivity index (χ4n) is 4.75. The molecule has 3 aliphatic rings.